The van der Waals surface area contributed by atoms with Gasteiger partial charge in [-0.2, -0.15) is 5.10 Å². The van der Waals surface area contributed by atoms with Crippen LogP contribution in [0.2, 0.25) is 0 Å². The maximum absolute atomic E-state index is 12.1. The lowest BCUT2D eigenvalue weighted by Crippen LogP contribution is -2.14. The molecule has 1 atom stereocenters. The molecule has 29 heavy (non-hydrogen) atoms. The minimum atomic E-state index is -0.111. The van der Waals surface area contributed by atoms with E-state index in [0.29, 0.717) is 24.7 Å². The summed E-state index contributed by atoms with van der Waals surface area (Å²) in [4.78, 5) is 13.2. The van der Waals surface area contributed by atoms with Crippen molar-refractivity contribution >= 4 is 17.7 Å². The van der Waals surface area contributed by atoms with E-state index < -0.39 is 0 Å². The first-order chi connectivity index (χ1) is 14.1. The summed E-state index contributed by atoms with van der Waals surface area (Å²) in [5, 5.41) is 4.35. The lowest BCUT2D eigenvalue weighted by atomic mass is 10.0. The second-order valence-electron chi connectivity index (χ2n) is 7.18. The van der Waals surface area contributed by atoms with Crippen LogP contribution in [0.4, 0.5) is 0 Å². The predicted octanol–water partition coefficient (Wildman–Crippen LogP) is 5.82. The third-order valence-electron chi connectivity index (χ3n) is 5.00. The van der Waals surface area contributed by atoms with E-state index in [1.165, 1.54) is 12.8 Å². The lowest BCUT2D eigenvalue weighted by molar-refractivity contribution is -0.144. The molecule has 1 aromatic heterocycles. The van der Waals surface area contributed by atoms with Crippen LogP contribution in [-0.2, 0) is 16.1 Å². The Hall–Kier alpha value is -1.95. The molecule has 0 spiro atoms. The number of nitrogens with zero attached hydrogens (tertiary/aromatic N) is 2. The number of hydrogen-bond acceptors (Lipinski definition) is 5. The molecule has 2 rings (SSSR count). The second kappa shape index (κ2) is 12.6. The average Bonchev–Trinajstić information content (AvgIpc) is 3.23. The summed E-state index contributed by atoms with van der Waals surface area (Å²) in [6.07, 6.45) is 8.88. The molecule has 0 saturated heterocycles. The standard InChI is InChI=1S/C23H34N2O3S/c1-5-8-9-18(6-2)17-28-23(26)10-11-29-22-13-19(12-21(14-22)27-4)20-15-24-25(7-3)16-20/h12-16,18H,5-11,17H2,1-4H3. The van der Waals surface area contributed by atoms with Crippen molar-refractivity contribution < 1.29 is 14.3 Å². The zero-order valence-electron chi connectivity index (χ0n) is 18.1. The van der Waals surface area contributed by atoms with Crippen molar-refractivity contribution in [1.82, 2.24) is 9.78 Å². The second-order valence-corrected chi connectivity index (χ2v) is 8.35. The summed E-state index contributed by atoms with van der Waals surface area (Å²) in [6.45, 7) is 7.80. The van der Waals surface area contributed by atoms with Crippen molar-refractivity contribution in [3.63, 3.8) is 0 Å². The van der Waals surface area contributed by atoms with Crippen LogP contribution in [0.1, 0.15) is 52.9 Å². The highest BCUT2D eigenvalue weighted by Gasteiger charge is 2.11. The average molecular weight is 419 g/mol. The van der Waals surface area contributed by atoms with Gasteiger partial charge in [-0.3, -0.25) is 9.48 Å². The van der Waals surface area contributed by atoms with Crippen molar-refractivity contribution in [2.45, 2.75) is 64.3 Å². The Labute approximate surface area is 179 Å². The molecule has 0 aliphatic rings. The van der Waals surface area contributed by atoms with E-state index in [0.717, 1.165) is 41.2 Å². The molecule has 0 radical (unpaired) electrons. The summed E-state index contributed by atoms with van der Waals surface area (Å²) >= 11 is 1.65. The third kappa shape index (κ3) is 7.77. The van der Waals surface area contributed by atoms with E-state index in [9.17, 15) is 4.79 Å². The van der Waals surface area contributed by atoms with Crippen LogP contribution in [0.25, 0.3) is 11.1 Å². The zero-order valence-corrected chi connectivity index (χ0v) is 19.0. The van der Waals surface area contributed by atoms with Crippen LogP contribution in [0, 0.1) is 5.92 Å². The minimum Gasteiger partial charge on any atom is -0.497 e. The largest absolute Gasteiger partial charge is 0.497 e. The van der Waals surface area contributed by atoms with Gasteiger partial charge in [-0.05, 0) is 43.0 Å². The molecule has 0 aliphatic carbocycles. The number of carbonyl (C=O) groups is 1. The molecule has 6 heteroatoms. The first-order valence-electron chi connectivity index (χ1n) is 10.6. The third-order valence-corrected chi connectivity index (χ3v) is 5.98. The Morgan fingerprint density at radius 1 is 1.21 bits per heavy atom. The molecular formula is C23H34N2O3S. The molecule has 0 fully saturated rings. The molecule has 0 amide bonds. The first kappa shape index (κ1) is 23.3. The molecule has 2 aromatic rings. The van der Waals surface area contributed by atoms with Gasteiger partial charge in [0.1, 0.15) is 5.75 Å². The van der Waals surface area contributed by atoms with Gasteiger partial charge >= 0.3 is 5.97 Å². The predicted molar refractivity (Wildman–Crippen MR) is 119 cm³/mol. The number of aryl methyl sites for hydroxylation is 1. The molecule has 160 valence electrons. The highest BCUT2D eigenvalue weighted by atomic mass is 32.2. The highest BCUT2D eigenvalue weighted by Crippen LogP contribution is 2.31. The van der Waals surface area contributed by atoms with Crippen molar-refractivity contribution in [2.24, 2.45) is 5.92 Å². The monoisotopic (exact) mass is 418 g/mol. The Bertz CT molecular complexity index is 760. The van der Waals surface area contributed by atoms with Gasteiger partial charge in [0.15, 0.2) is 0 Å². The number of carbonyl (C=O) groups excluding carboxylic acids is 1. The van der Waals surface area contributed by atoms with Gasteiger partial charge in [0.05, 0.1) is 26.3 Å². The van der Waals surface area contributed by atoms with E-state index >= 15 is 0 Å². The fourth-order valence-electron chi connectivity index (χ4n) is 3.06. The van der Waals surface area contributed by atoms with E-state index in [1.54, 1.807) is 18.9 Å². The molecule has 1 aromatic carbocycles. The van der Waals surface area contributed by atoms with E-state index in [1.807, 2.05) is 29.2 Å². The van der Waals surface area contributed by atoms with Crippen molar-refractivity contribution in [1.29, 1.82) is 0 Å². The van der Waals surface area contributed by atoms with Crippen LogP contribution < -0.4 is 4.74 Å². The SMILES string of the molecule is CCCCC(CC)COC(=O)CCSc1cc(OC)cc(-c2cnn(CC)c2)c1. The Kier molecular flexibility index (Phi) is 10.1. The van der Waals surface area contributed by atoms with E-state index in [4.69, 9.17) is 9.47 Å². The Balaban J connectivity index is 1.88. The van der Waals surface area contributed by atoms with Crippen LogP contribution >= 0.6 is 11.8 Å². The number of esters is 1. The number of benzene rings is 1. The number of thioether (sulfide) groups is 1. The van der Waals surface area contributed by atoms with Gasteiger partial charge in [-0.15, -0.1) is 11.8 Å². The maximum Gasteiger partial charge on any atom is 0.306 e. The normalized spacial score (nSPS) is 12.0. The van der Waals surface area contributed by atoms with Crippen LogP contribution in [0.15, 0.2) is 35.5 Å². The zero-order chi connectivity index (χ0) is 21.1. The summed E-state index contributed by atoms with van der Waals surface area (Å²) in [5.41, 5.74) is 2.13. The number of unbranched alkanes of at least 4 members (excludes halogenated alkanes) is 1. The summed E-state index contributed by atoms with van der Waals surface area (Å²) in [7, 11) is 1.67. The molecular weight excluding hydrogens is 384 g/mol. The van der Waals surface area contributed by atoms with Crippen molar-refractivity contribution in [2.75, 3.05) is 19.5 Å². The topological polar surface area (TPSA) is 53.4 Å². The molecule has 0 N–H and O–H groups in total. The highest BCUT2D eigenvalue weighted by molar-refractivity contribution is 7.99. The van der Waals surface area contributed by atoms with Gasteiger partial charge < -0.3 is 9.47 Å². The number of ether oxygens (including phenoxy) is 2. The quantitative estimate of drug-likeness (QED) is 0.303. The number of aromatic nitrogens is 2. The Morgan fingerprint density at radius 3 is 2.69 bits per heavy atom. The molecule has 1 unspecified atom stereocenters. The van der Waals surface area contributed by atoms with E-state index in [-0.39, 0.29) is 5.97 Å². The molecule has 0 saturated carbocycles. The van der Waals surface area contributed by atoms with Crippen LogP contribution in [-0.4, -0.2) is 35.2 Å². The van der Waals surface area contributed by atoms with Crippen LogP contribution in [0.3, 0.4) is 0 Å². The number of rotatable bonds is 13. The fourth-order valence-corrected chi connectivity index (χ4v) is 3.97. The summed E-state index contributed by atoms with van der Waals surface area (Å²) < 4.78 is 12.9. The molecule has 5 nitrogen and oxygen atoms in total. The van der Waals surface area contributed by atoms with Crippen molar-refractivity contribution in [3.05, 3.63) is 30.6 Å². The molecule has 0 bridgehead atoms. The number of hydrogen-bond donors (Lipinski definition) is 0. The van der Waals surface area contributed by atoms with Crippen molar-refractivity contribution in [3.8, 4) is 16.9 Å². The summed E-state index contributed by atoms with van der Waals surface area (Å²) in [5.74, 6) is 1.86. The smallest absolute Gasteiger partial charge is 0.306 e. The minimum absolute atomic E-state index is 0.111. The van der Waals surface area contributed by atoms with Gasteiger partial charge in [0.2, 0.25) is 0 Å². The maximum atomic E-state index is 12.1. The molecule has 1 heterocycles. The first-order valence-corrected chi connectivity index (χ1v) is 11.6. The van der Waals surface area contributed by atoms with E-state index in [2.05, 4.69) is 31.9 Å². The van der Waals surface area contributed by atoms with Gasteiger partial charge in [0, 0.05) is 29.0 Å². The Morgan fingerprint density at radius 2 is 2.03 bits per heavy atom. The van der Waals surface area contributed by atoms with Gasteiger partial charge in [-0.1, -0.05) is 33.1 Å². The van der Waals surface area contributed by atoms with Gasteiger partial charge in [0.25, 0.3) is 0 Å². The summed E-state index contributed by atoms with van der Waals surface area (Å²) in [6, 6.07) is 6.13. The lowest BCUT2D eigenvalue weighted by Gasteiger charge is -2.14. The molecule has 0 aliphatic heterocycles. The van der Waals surface area contributed by atoms with Gasteiger partial charge in [-0.25, -0.2) is 0 Å². The number of methoxy groups -OCH3 is 1. The fraction of sp³-hybridized carbons (Fsp3) is 0.565. The van der Waals surface area contributed by atoms with Crippen LogP contribution in [0.5, 0.6) is 5.75 Å².